The number of carbonyl (C=O) groups excluding carboxylic acids is 1. The van der Waals surface area contributed by atoms with Crippen molar-refractivity contribution in [2.24, 2.45) is 0 Å². The van der Waals surface area contributed by atoms with Crippen LogP contribution in [0.25, 0.3) is 11.3 Å². The van der Waals surface area contributed by atoms with Crippen LogP contribution in [-0.2, 0) is 4.74 Å². The molecular formula is C15H19NO3. The van der Waals surface area contributed by atoms with E-state index in [1.54, 1.807) is 25.1 Å². The van der Waals surface area contributed by atoms with Crippen molar-refractivity contribution >= 4 is 11.7 Å². The Labute approximate surface area is 113 Å². The summed E-state index contributed by atoms with van der Waals surface area (Å²) in [7, 11) is 1.34. The number of anilines is 1. The number of benzene rings is 1. The number of hydrogen-bond acceptors (Lipinski definition) is 4. The highest BCUT2D eigenvalue weighted by molar-refractivity contribution is 5.91. The van der Waals surface area contributed by atoms with Gasteiger partial charge in [0.25, 0.3) is 0 Å². The van der Waals surface area contributed by atoms with Gasteiger partial charge in [-0.2, -0.15) is 0 Å². The molecule has 0 aliphatic carbocycles. The number of nitrogen functional groups attached to an aromatic ring is 1. The molecule has 0 unspecified atom stereocenters. The normalized spacial score (nSPS) is 9.47. The van der Waals surface area contributed by atoms with Gasteiger partial charge in [0.2, 0.25) is 0 Å². The molecule has 1 aromatic heterocycles. The van der Waals surface area contributed by atoms with Gasteiger partial charge in [0.05, 0.1) is 7.11 Å². The average Bonchev–Trinajstić information content (AvgIpc) is 2.83. The molecule has 4 nitrogen and oxygen atoms in total. The van der Waals surface area contributed by atoms with E-state index in [9.17, 15) is 4.79 Å². The summed E-state index contributed by atoms with van der Waals surface area (Å²) in [5.74, 6) is 0.777. The standard InChI is InChI=1S/C13H13NO3.C2H6/c1-8-11(13(15)16-2)7-12(17-8)9-3-5-10(14)6-4-9;1-2/h3-7H,14H2,1-2H3;1-2H3. The van der Waals surface area contributed by atoms with Crippen molar-refractivity contribution in [1.29, 1.82) is 0 Å². The Hall–Kier alpha value is -2.23. The largest absolute Gasteiger partial charge is 0.465 e. The second-order valence-corrected chi connectivity index (χ2v) is 3.69. The molecule has 0 radical (unpaired) electrons. The summed E-state index contributed by atoms with van der Waals surface area (Å²) in [6.07, 6.45) is 0. The molecule has 0 bridgehead atoms. The molecule has 0 saturated heterocycles. The molecule has 19 heavy (non-hydrogen) atoms. The first-order valence-corrected chi connectivity index (χ1v) is 6.16. The Bertz CT molecular complexity index is 541. The zero-order chi connectivity index (χ0) is 14.4. The van der Waals surface area contributed by atoms with Crippen LogP contribution in [0.5, 0.6) is 0 Å². The third-order valence-corrected chi connectivity index (χ3v) is 2.52. The maximum Gasteiger partial charge on any atom is 0.341 e. The predicted octanol–water partition coefficient (Wildman–Crippen LogP) is 3.65. The SMILES string of the molecule is CC.COC(=O)c1cc(-c2ccc(N)cc2)oc1C. The number of hydrogen-bond donors (Lipinski definition) is 1. The zero-order valence-electron chi connectivity index (χ0n) is 11.7. The molecule has 0 saturated carbocycles. The summed E-state index contributed by atoms with van der Waals surface area (Å²) in [6, 6.07) is 8.92. The van der Waals surface area contributed by atoms with Gasteiger partial charge in [0.1, 0.15) is 17.1 Å². The summed E-state index contributed by atoms with van der Waals surface area (Å²) >= 11 is 0. The molecule has 1 aromatic carbocycles. The molecule has 0 atom stereocenters. The fraction of sp³-hybridized carbons (Fsp3) is 0.267. The quantitative estimate of drug-likeness (QED) is 0.662. The minimum Gasteiger partial charge on any atom is -0.465 e. The van der Waals surface area contributed by atoms with Crippen molar-refractivity contribution in [2.75, 3.05) is 12.8 Å². The summed E-state index contributed by atoms with van der Waals surface area (Å²) in [5.41, 5.74) is 7.61. The van der Waals surface area contributed by atoms with Crippen molar-refractivity contribution in [2.45, 2.75) is 20.8 Å². The second kappa shape index (κ2) is 6.64. The van der Waals surface area contributed by atoms with Crippen LogP contribution >= 0.6 is 0 Å². The summed E-state index contributed by atoms with van der Waals surface area (Å²) in [4.78, 5) is 11.4. The van der Waals surface area contributed by atoms with Gasteiger partial charge in [-0.15, -0.1) is 0 Å². The first-order chi connectivity index (χ1) is 9.11. The van der Waals surface area contributed by atoms with E-state index in [4.69, 9.17) is 10.2 Å². The Kier molecular flexibility index (Phi) is 5.18. The monoisotopic (exact) mass is 261 g/mol. The third kappa shape index (κ3) is 3.37. The molecule has 4 heteroatoms. The lowest BCUT2D eigenvalue weighted by molar-refractivity contribution is 0.0599. The lowest BCUT2D eigenvalue weighted by Gasteiger charge is -1.96. The highest BCUT2D eigenvalue weighted by Gasteiger charge is 2.15. The Morgan fingerprint density at radius 3 is 2.32 bits per heavy atom. The predicted molar refractivity (Wildman–Crippen MR) is 76.0 cm³/mol. The van der Waals surface area contributed by atoms with Gasteiger partial charge in [-0.25, -0.2) is 4.79 Å². The van der Waals surface area contributed by atoms with Crippen LogP contribution in [0.3, 0.4) is 0 Å². The molecule has 0 aliphatic rings. The van der Waals surface area contributed by atoms with Gasteiger partial charge in [-0.1, -0.05) is 13.8 Å². The van der Waals surface area contributed by atoms with Crippen molar-refractivity contribution in [3.8, 4) is 11.3 Å². The molecule has 0 spiro atoms. The van der Waals surface area contributed by atoms with E-state index in [1.165, 1.54) is 7.11 Å². The number of esters is 1. The summed E-state index contributed by atoms with van der Waals surface area (Å²) < 4.78 is 10.2. The molecule has 0 aliphatic heterocycles. The molecule has 2 aromatic rings. The number of aryl methyl sites for hydroxylation is 1. The Balaban J connectivity index is 0.000000861. The second-order valence-electron chi connectivity index (χ2n) is 3.69. The minimum absolute atomic E-state index is 0.395. The topological polar surface area (TPSA) is 65.5 Å². The summed E-state index contributed by atoms with van der Waals surface area (Å²) in [6.45, 7) is 5.73. The molecular weight excluding hydrogens is 242 g/mol. The fourth-order valence-corrected chi connectivity index (χ4v) is 1.58. The fourth-order valence-electron chi connectivity index (χ4n) is 1.58. The van der Waals surface area contributed by atoms with Gasteiger partial charge in [0, 0.05) is 11.3 Å². The van der Waals surface area contributed by atoms with Crippen molar-refractivity contribution in [1.82, 2.24) is 0 Å². The van der Waals surface area contributed by atoms with Gasteiger partial charge >= 0.3 is 5.97 Å². The van der Waals surface area contributed by atoms with E-state index in [1.807, 2.05) is 26.0 Å². The smallest absolute Gasteiger partial charge is 0.341 e. The maximum atomic E-state index is 11.4. The lowest BCUT2D eigenvalue weighted by atomic mass is 10.1. The van der Waals surface area contributed by atoms with Gasteiger partial charge in [-0.05, 0) is 37.3 Å². The van der Waals surface area contributed by atoms with Crippen LogP contribution in [0, 0.1) is 6.92 Å². The van der Waals surface area contributed by atoms with E-state index in [-0.39, 0.29) is 0 Å². The number of carbonyl (C=O) groups is 1. The Morgan fingerprint density at radius 1 is 1.21 bits per heavy atom. The first kappa shape index (κ1) is 14.8. The average molecular weight is 261 g/mol. The van der Waals surface area contributed by atoms with Crippen LogP contribution < -0.4 is 5.73 Å². The number of nitrogens with two attached hydrogens (primary N) is 1. The van der Waals surface area contributed by atoms with E-state index >= 15 is 0 Å². The van der Waals surface area contributed by atoms with Crippen LogP contribution in [0.4, 0.5) is 5.69 Å². The zero-order valence-corrected chi connectivity index (χ0v) is 11.7. The highest BCUT2D eigenvalue weighted by atomic mass is 16.5. The summed E-state index contributed by atoms with van der Waals surface area (Å²) in [5, 5.41) is 0. The lowest BCUT2D eigenvalue weighted by Crippen LogP contribution is -2.00. The third-order valence-electron chi connectivity index (χ3n) is 2.52. The molecule has 2 N–H and O–H groups in total. The van der Waals surface area contributed by atoms with Crippen LogP contribution in [0.1, 0.15) is 30.0 Å². The number of furan rings is 1. The highest BCUT2D eigenvalue weighted by Crippen LogP contribution is 2.26. The van der Waals surface area contributed by atoms with Crippen molar-refractivity contribution in [3.05, 3.63) is 41.7 Å². The van der Waals surface area contributed by atoms with Gasteiger partial charge in [0.15, 0.2) is 0 Å². The molecule has 2 rings (SSSR count). The molecule has 102 valence electrons. The van der Waals surface area contributed by atoms with Gasteiger partial charge in [-0.3, -0.25) is 0 Å². The van der Waals surface area contributed by atoms with E-state index in [0.29, 0.717) is 22.8 Å². The van der Waals surface area contributed by atoms with E-state index in [2.05, 4.69) is 4.74 Å². The van der Waals surface area contributed by atoms with Crippen LogP contribution in [0.15, 0.2) is 34.7 Å². The number of ether oxygens (including phenoxy) is 1. The van der Waals surface area contributed by atoms with Gasteiger partial charge < -0.3 is 14.9 Å². The molecule has 0 fully saturated rings. The first-order valence-electron chi connectivity index (χ1n) is 6.16. The molecule has 0 amide bonds. The molecule has 1 heterocycles. The maximum absolute atomic E-state index is 11.4. The van der Waals surface area contributed by atoms with E-state index in [0.717, 1.165) is 5.56 Å². The number of methoxy groups -OCH3 is 1. The van der Waals surface area contributed by atoms with Crippen molar-refractivity contribution in [3.63, 3.8) is 0 Å². The van der Waals surface area contributed by atoms with Crippen molar-refractivity contribution < 1.29 is 13.9 Å². The van der Waals surface area contributed by atoms with Crippen LogP contribution in [-0.4, -0.2) is 13.1 Å². The Morgan fingerprint density at radius 2 is 1.79 bits per heavy atom. The number of rotatable bonds is 2. The van der Waals surface area contributed by atoms with Crippen LogP contribution in [0.2, 0.25) is 0 Å². The van der Waals surface area contributed by atoms with E-state index < -0.39 is 5.97 Å². The minimum atomic E-state index is -0.395.